The smallest absolute Gasteiger partial charge is 0.0137 e. The van der Waals surface area contributed by atoms with Crippen LogP contribution in [0.5, 0.6) is 0 Å². The van der Waals surface area contributed by atoms with Crippen LogP contribution in [-0.4, -0.2) is 18.6 Å². The molecular weight excluding hydrogens is 124 g/mol. The molecule has 0 saturated carbocycles. The van der Waals surface area contributed by atoms with Crippen LogP contribution >= 0.6 is 0 Å². The molecule has 0 spiro atoms. The Bertz CT molecular complexity index is 93.9. The van der Waals surface area contributed by atoms with Gasteiger partial charge in [0.25, 0.3) is 0 Å². The molecule has 0 aromatic heterocycles. The van der Waals surface area contributed by atoms with Gasteiger partial charge in [-0.3, -0.25) is 0 Å². The number of nitrogens with one attached hydrogen (secondary N) is 1. The summed E-state index contributed by atoms with van der Waals surface area (Å²) in [5.41, 5.74) is 5.83. The Morgan fingerprint density at radius 2 is 1.70 bits per heavy atom. The van der Waals surface area contributed by atoms with Gasteiger partial charge in [-0.1, -0.05) is 6.92 Å². The summed E-state index contributed by atoms with van der Waals surface area (Å²) in [5, 5.41) is 3.19. The van der Waals surface area contributed by atoms with Crippen LogP contribution in [0.25, 0.3) is 0 Å². The van der Waals surface area contributed by atoms with Gasteiger partial charge >= 0.3 is 0 Å². The Morgan fingerprint density at radius 3 is 1.80 bits per heavy atom. The fourth-order valence-corrected chi connectivity index (χ4v) is 0.894. The highest BCUT2D eigenvalue weighted by Crippen LogP contribution is 2.15. The van der Waals surface area contributed by atoms with E-state index >= 15 is 0 Å². The highest BCUT2D eigenvalue weighted by Gasteiger charge is 2.24. The van der Waals surface area contributed by atoms with E-state index < -0.39 is 0 Å². The molecule has 0 bridgehead atoms. The SMILES string of the molecule is CNC(C)C(C)C(C)(C)N. The molecule has 0 rings (SSSR count). The van der Waals surface area contributed by atoms with Crippen LogP contribution in [-0.2, 0) is 0 Å². The second-order valence-corrected chi connectivity index (χ2v) is 3.69. The van der Waals surface area contributed by atoms with Gasteiger partial charge in [0.15, 0.2) is 0 Å². The predicted molar refractivity (Wildman–Crippen MR) is 46.0 cm³/mol. The van der Waals surface area contributed by atoms with Crippen molar-refractivity contribution in [1.29, 1.82) is 0 Å². The van der Waals surface area contributed by atoms with Gasteiger partial charge in [0.2, 0.25) is 0 Å². The van der Waals surface area contributed by atoms with Crippen molar-refractivity contribution in [3.05, 3.63) is 0 Å². The minimum atomic E-state index is -0.0809. The molecule has 2 unspecified atom stereocenters. The summed E-state index contributed by atoms with van der Waals surface area (Å²) in [6.07, 6.45) is 0. The molecule has 0 aliphatic heterocycles. The third-order valence-corrected chi connectivity index (χ3v) is 2.38. The fourth-order valence-electron chi connectivity index (χ4n) is 0.894. The predicted octanol–water partition coefficient (Wildman–Crippen LogP) is 0.968. The molecule has 2 heteroatoms. The molecule has 0 aromatic carbocycles. The first-order valence-corrected chi connectivity index (χ1v) is 3.85. The first kappa shape index (κ1) is 9.92. The van der Waals surface area contributed by atoms with Crippen molar-refractivity contribution in [2.75, 3.05) is 7.05 Å². The minimum absolute atomic E-state index is 0.0809. The Balaban J connectivity index is 3.94. The van der Waals surface area contributed by atoms with Crippen LogP contribution in [0.1, 0.15) is 27.7 Å². The number of nitrogens with two attached hydrogens (primary N) is 1. The van der Waals surface area contributed by atoms with E-state index in [0.29, 0.717) is 12.0 Å². The van der Waals surface area contributed by atoms with Crippen molar-refractivity contribution in [2.24, 2.45) is 11.7 Å². The Hall–Kier alpha value is -0.0800. The summed E-state index contributed by atoms with van der Waals surface area (Å²) in [5.74, 6) is 0.498. The van der Waals surface area contributed by atoms with Crippen LogP contribution in [0.15, 0.2) is 0 Å². The van der Waals surface area contributed by atoms with Crippen molar-refractivity contribution >= 4 is 0 Å². The van der Waals surface area contributed by atoms with Gasteiger partial charge in [0, 0.05) is 11.6 Å². The molecule has 2 nitrogen and oxygen atoms in total. The van der Waals surface area contributed by atoms with Gasteiger partial charge in [-0.25, -0.2) is 0 Å². The summed E-state index contributed by atoms with van der Waals surface area (Å²) in [6, 6.07) is 0.486. The molecule has 0 aliphatic carbocycles. The van der Waals surface area contributed by atoms with Gasteiger partial charge in [0.1, 0.15) is 0 Å². The lowest BCUT2D eigenvalue weighted by atomic mass is 9.85. The second-order valence-electron chi connectivity index (χ2n) is 3.69. The molecule has 0 aromatic rings. The summed E-state index contributed by atoms with van der Waals surface area (Å²) >= 11 is 0. The Morgan fingerprint density at radius 1 is 1.30 bits per heavy atom. The first-order valence-electron chi connectivity index (χ1n) is 3.85. The lowest BCUT2D eigenvalue weighted by molar-refractivity contribution is 0.280. The zero-order valence-electron chi connectivity index (χ0n) is 7.73. The number of rotatable bonds is 3. The minimum Gasteiger partial charge on any atom is -0.325 e. The van der Waals surface area contributed by atoms with Crippen LogP contribution < -0.4 is 11.1 Å². The maximum Gasteiger partial charge on any atom is 0.0137 e. The third-order valence-electron chi connectivity index (χ3n) is 2.38. The van der Waals surface area contributed by atoms with Crippen molar-refractivity contribution in [3.8, 4) is 0 Å². The molecule has 0 aliphatic rings. The van der Waals surface area contributed by atoms with E-state index in [9.17, 15) is 0 Å². The molecule has 0 heterocycles. The van der Waals surface area contributed by atoms with Crippen LogP contribution in [0, 0.1) is 5.92 Å². The van der Waals surface area contributed by atoms with Gasteiger partial charge in [-0.15, -0.1) is 0 Å². The zero-order valence-corrected chi connectivity index (χ0v) is 7.73. The summed E-state index contributed by atoms with van der Waals surface area (Å²) in [7, 11) is 1.97. The van der Waals surface area contributed by atoms with E-state index in [1.807, 2.05) is 7.05 Å². The van der Waals surface area contributed by atoms with E-state index in [2.05, 4.69) is 33.0 Å². The molecule has 0 radical (unpaired) electrons. The van der Waals surface area contributed by atoms with Crippen LogP contribution in [0.4, 0.5) is 0 Å². The maximum atomic E-state index is 5.92. The number of hydrogen-bond acceptors (Lipinski definition) is 2. The largest absolute Gasteiger partial charge is 0.325 e. The molecular formula is C8H20N2. The quantitative estimate of drug-likeness (QED) is 0.619. The fraction of sp³-hybridized carbons (Fsp3) is 1.00. The zero-order chi connectivity index (χ0) is 8.36. The van der Waals surface area contributed by atoms with Gasteiger partial charge in [0.05, 0.1) is 0 Å². The van der Waals surface area contributed by atoms with E-state index in [0.717, 1.165) is 0 Å². The molecule has 2 atom stereocenters. The molecule has 0 fully saturated rings. The van der Waals surface area contributed by atoms with Crippen LogP contribution in [0.2, 0.25) is 0 Å². The lowest BCUT2D eigenvalue weighted by Gasteiger charge is -2.31. The highest BCUT2D eigenvalue weighted by molar-refractivity contribution is 4.84. The van der Waals surface area contributed by atoms with E-state index in [1.165, 1.54) is 0 Å². The maximum absolute atomic E-state index is 5.92. The summed E-state index contributed by atoms with van der Waals surface area (Å²) in [4.78, 5) is 0. The van der Waals surface area contributed by atoms with Gasteiger partial charge < -0.3 is 11.1 Å². The Labute approximate surface area is 64.2 Å². The number of hydrogen-bond donors (Lipinski definition) is 2. The van der Waals surface area contributed by atoms with Crippen molar-refractivity contribution in [3.63, 3.8) is 0 Å². The van der Waals surface area contributed by atoms with E-state index in [4.69, 9.17) is 5.73 Å². The first-order chi connectivity index (χ1) is 4.39. The monoisotopic (exact) mass is 144 g/mol. The second kappa shape index (κ2) is 3.35. The van der Waals surface area contributed by atoms with Crippen LogP contribution in [0.3, 0.4) is 0 Å². The molecule has 3 N–H and O–H groups in total. The van der Waals surface area contributed by atoms with Gasteiger partial charge in [-0.05, 0) is 33.7 Å². The van der Waals surface area contributed by atoms with Crippen molar-refractivity contribution in [1.82, 2.24) is 5.32 Å². The van der Waals surface area contributed by atoms with E-state index in [-0.39, 0.29) is 5.54 Å². The lowest BCUT2D eigenvalue weighted by Crippen LogP contribution is -2.48. The average Bonchev–Trinajstić information content (AvgIpc) is 1.83. The van der Waals surface area contributed by atoms with Crippen molar-refractivity contribution < 1.29 is 0 Å². The Kier molecular flexibility index (Phi) is 3.33. The molecule has 0 saturated heterocycles. The highest BCUT2D eigenvalue weighted by atomic mass is 14.9. The summed E-state index contributed by atoms with van der Waals surface area (Å²) < 4.78 is 0. The molecule has 10 heavy (non-hydrogen) atoms. The topological polar surface area (TPSA) is 38.0 Å². The van der Waals surface area contributed by atoms with E-state index in [1.54, 1.807) is 0 Å². The van der Waals surface area contributed by atoms with Gasteiger partial charge in [-0.2, -0.15) is 0 Å². The third kappa shape index (κ3) is 2.67. The molecule has 0 amide bonds. The average molecular weight is 144 g/mol. The normalized spacial score (nSPS) is 18.6. The summed E-state index contributed by atoms with van der Waals surface area (Å²) in [6.45, 7) is 8.44. The van der Waals surface area contributed by atoms with Crippen molar-refractivity contribution in [2.45, 2.75) is 39.3 Å². The standard InChI is InChI=1S/C8H20N2/c1-6(7(2)10-5)8(3,4)9/h6-7,10H,9H2,1-5H3. The molecule has 62 valence electrons.